The van der Waals surface area contributed by atoms with E-state index in [2.05, 4.69) is 0 Å². The lowest BCUT2D eigenvalue weighted by Crippen LogP contribution is -1.84. The smallest absolute Gasteiger partial charge is 0.328 e. The van der Waals surface area contributed by atoms with E-state index in [1.165, 1.54) is 6.08 Å². The van der Waals surface area contributed by atoms with Crippen molar-refractivity contribution in [3.05, 3.63) is 48.1 Å². The predicted molar refractivity (Wildman–Crippen MR) is 53.9 cm³/mol. The Labute approximate surface area is 81.6 Å². The van der Waals surface area contributed by atoms with Crippen molar-refractivity contribution in [1.29, 1.82) is 0 Å². The highest BCUT2D eigenvalue weighted by Crippen LogP contribution is 2.11. The third-order valence-corrected chi connectivity index (χ3v) is 1.51. The molecule has 0 aliphatic carbocycles. The molecule has 0 saturated heterocycles. The van der Waals surface area contributed by atoms with E-state index >= 15 is 0 Å². The van der Waals surface area contributed by atoms with Crippen molar-refractivity contribution in [2.45, 2.75) is 0 Å². The number of benzene rings is 1. The van der Waals surface area contributed by atoms with Gasteiger partial charge < -0.3 is 10.2 Å². The quantitative estimate of drug-likeness (QED) is 0.566. The summed E-state index contributed by atoms with van der Waals surface area (Å²) in [5.41, 5.74) is 0.819. The molecule has 3 nitrogen and oxygen atoms in total. The van der Waals surface area contributed by atoms with Gasteiger partial charge in [0.1, 0.15) is 5.75 Å². The predicted octanol–water partition coefficient (Wildman–Crippen LogP) is 2.05. The van der Waals surface area contributed by atoms with Gasteiger partial charge in [-0.25, -0.2) is 4.79 Å². The molecular weight excluding hydrogens is 180 g/mol. The van der Waals surface area contributed by atoms with Gasteiger partial charge in [0, 0.05) is 6.08 Å². The van der Waals surface area contributed by atoms with E-state index in [1.54, 1.807) is 30.4 Å². The molecule has 1 aromatic rings. The number of hydrogen-bond acceptors (Lipinski definition) is 2. The minimum atomic E-state index is -0.981. The SMILES string of the molecule is O=C(O)/C=C\C=C\c1cccc(O)c1. The van der Waals surface area contributed by atoms with Crippen molar-refractivity contribution in [3.8, 4) is 5.75 Å². The van der Waals surface area contributed by atoms with Crippen molar-refractivity contribution in [3.63, 3.8) is 0 Å². The van der Waals surface area contributed by atoms with Crippen molar-refractivity contribution < 1.29 is 15.0 Å². The van der Waals surface area contributed by atoms with Crippen molar-refractivity contribution in [2.75, 3.05) is 0 Å². The molecule has 0 bridgehead atoms. The van der Waals surface area contributed by atoms with Crippen LogP contribution in [0.5, 0.6) is 5.75 Å². The summed E-state index contributed by atoms with van der Waals surface area (Å²) >= 11 is 0. The summed E-state index contributed by atoms with van der Waals surface area (Å²) in [5, 5.41) is 17.4. The van der Waals surface area contributed by atoms with Gasteiger partial charge in [0.05, 0.1) is 0 Å². The minimum Gasteiger partial charge on any atom is -0.508 e. The molecule has 0 amide bonds. The molecule has 0 aliphatic heterocycles. The molecule has 2 N–H and O–H groups in total. The number of carboxylic acid groups (broad SMARTS) is 1. The summed E-state index contributed by atoms with van der Waals surface area (Å²) in [6.07, 6.45) is 5.77. The lowest BCUT2D eigenvalue weighted by Gasteiger charge is -1.92. The van der Waals surface area contributed by atoms with E-state index in [9.17, 15) is 4.79 Å². The van der Waals surface area contributed by atoms with E-state index in [0.717, 1.165) is 11.6 Å². The minimum absolute atomic E-state index is 0.189. The van der Waals surface area contributed by atoms with Crippen LogP contribution in [0.25, 0.3) is 6.08 Å². The molecular formula is C11H10O3. The first-order valence-electron chi connectivity index (χ1n) is 4.05. The molecule has 0 aromatic heterocycles. The number of aliphatic carboxylic acids is 1. The number of hydrogen-bond donors (Lipinski definition) is 2. The maximum absolute atomic E-state index is 10.1. The van der Waals surface area contributed by atoms with Crippen molar-refractivity contribution >= 4 is 12.0 Å². The Kier molecular flexibility index (Phi) is 3.49. The molecule has 1 rings (SSSR count). The number of phenolic OH excluding ortho intramolecular Hbond substituents is 1. The average molecular weight is 190 g/mol. The van der Waals surface area contributed by atoms with Crippen LogP contribution in [0.1, 0.15) is 5.56 Å². The Hall–Kier alpha value is -2.03. The topological polar surface area (TPSA) is 57.5 Å². The number of rotatable bonds is 3. The molecule has 0 atom stereocenters. The average Bonchev–Trinajstić information content (AvgIpc) is 2.12. The zero-order chi connectivity index (χ0) is 10.4. The van der Waals surface area contributed by atoms with Gasteiger partial charge in [0.25, 0.3) is 0 Å². The fourth-order valence-electron chi connectivity index (χ4n) is 0.933. The largest absolute Gasteiger partial charge is 0.508 e. The summed E-state index contributed by atoms with van der Waals surface area (Å²) in [5.74, 6) is -0.792. The summed E-state index contributed by atoms with van der Waals surface area (Å²) in [6.45, 7) is 0. The van der Waals surface area contributed by atoms with Crippen LogP contribution in [0.4, 0.5) is 0 Å². The van der Waals surface area contributed by atoms with Gasteiger partial charge in [-0.1, -0.05) is 30.4 Å². The molecule has 0 unspecified atom stereocenters. The van der Waals surface area contributed by atoms with E-state index in [4.69, 9.17) is 10.2 Å². The first kappa shape index (κ1) is 10.1. The molecule has 0 saturated carbocycles. The highest BCUT2D eigenvalue weighted by Gasteiger charge is 1.87. The van der Waals surface area contributed by atoms with Crippen LogP contribution in [-0.2, 0) is 4.79 Å². The third-order valence-electron chi connectivity index (χ3n) is 1.51. The van der Waals surface area contributed by atoms with Crippen LogP contribution >= 0.6 is 0 Å². The first-order valence-corrected chi connectivity index (χ1v) is 4.05. The molecule has 0 aliphatic rings. The van der Waals surface area contributed by atoms with Gasteiger partial charge >= 0.3 is 5.97 Å². The van der Waals surface area contributed by atoms with Crippen LogP contribution < -0.4 is 0 Å². The lowest BCUT2D eigenvalue weighted by molar-refractivity contribution is -0.131. The second-order valence-corrected chi connectivity index (χ2v) is 2.65. The molecule has 0 heterocycles. The van der Waals surface area contributed by atoms with Gasteiger partial charge in [-0.05, 0) is 17.7 Å². The number of carbonyl (C=O) groups is 1. The van der Waals surface area contributed by atoms with Crippen LogP contribution in [-0.4, -0.2) is 16.2 Å². The molecule has 3 heteroatoms. The zero-order valence-electron chi connectivity index (χ0n) is 7.42. The van der Waals surface area contributed by atoms with Gasteiger partial charge in [-0.15, -0.1) is 0 Å². The van der Waals surface area contributed by atoms with E-state index in [0.29, 0.717) is 0 Å². The van der Waals surface area contributed by atoms with Crippen LogP contribution in [0.2, 0.25) is 0 Å². The molecule has 0 radical (unpaired) electrons. The molecule has 0 fully saturated rings. The Balaban J connectivity index is 2.64. The number of aromatic hydroxyl groups is 1. The monoisotopic (exact) mass is 190 g/mol. The van der Waals surface area contributed by atoms with Crippen LogP contribution in [0.3, 0.4) is 0 Å². The zero-order valence-corrected chi connectivity index (χ0v) is 7.42. The maximum Gasteiger partial charge on any atom is 0.328 e. The third kappa shape index (κ3) is 3.58. The highest BCUT2D eigenvalue weighted by atomic mass is 16.4. The standard InChI is InChI=1S/C11H10O3/c12-10-6-3-5-9(8-10)4-1-2-7-11(13)14/h1-8,12H,(H,13,14)/b4-1+,7-2-. The summed E-state index contributed by atoms with van der Waals surface area (Å²) in [4.78, 5) is 10.1. The van der Waals surface area contributed by atoms with E-state index < -0.39 is 5.97 Å². The highest BCUT2D eigenvalue weighted by molar-refractivity contribution is 5.80. The molecule has 1 aromatic carbocycles. The van der Waals surface area contributed by atoms with Gasteiger partial charge in [0.2, 0.25) is 0 Å². The second-order valence-electron chi connectivity index (χ2n) is 2.65. The van der Waals surface area contributed by atoms with E-state index in [1.807, 2.05) is 6.07 Å². The van der Waals surface area contributed by atoms with E-state index in [-0.39, 0.29) is 5.75 Å². The molecule has 0 spiro atoms. The van der Waals surface area contributed by atoms with Crippen LogP contribution in [0, 0.1) is 0 Å². The molecule has 72 valence electrons. The summed E-state index contributed by atoms with van der Waals surface area (Å²) in [7, 11) is 0. The number of phenols is 1. The Morgan fingerprint density at radius 2 is 2.07 bits per heavy atom. The first-order chi connectivity index (χ1) is 6.68. The maximum atomic E-state index is 10.1. The Morgan fingerprint density at radius 3 is 2.71 bits per heavy atom. The van der Waals surface area contributed by atoms with Crippen molar-refractivity contribution in [1.82, 2.24) is 0 Å². The fourth-order valence-corrected chi connectivity index (χ4v) is 0.933. The normalized spacial score (nSPS) is 11.1. The van der Waals surface area contributed by atoms with Gasteiger partial charge in [0.15, 0.2) is 0 Å². The molecule has 14 heavy (non-hydrogen) atoms. The van der Waals surface area contributed by atoms with Crippen LogP contribution in [0.15, 0.2) is 42.5 Å². The Morgan fingerprint density at radius 1 is 1.29 bits per heavy atom. The number of allylic oxidation sites excluding steroid dienone is 2. The fraction of sp³-hybridized carbons (Fsp3) is 0. The van der Waals surface area contributed by atoms with Gasteiger partial charge in [-0.3, -0.25) is 0 Å². The summed E-state index contributed by atoms with van der Waals surface area (Å²) < 4.78 is 0. The van der Waals surface area contributed by atoms with Gasteiger partial charge in [-0.2, -0.15) is 0 Å². The lowest BCUT2D eigenvalue weighted by atomic mass is 10.2. The Bertz CT molecular complexity index is 378. The second kappa shape index (κ2) is 4.87. The number of carboxylic acids is 1. The summed E-state index contributed by atoms with van der Waals surface area (Å²) in [6, 6.07) is 6.69. The van der Waals surface area contributed by atoms with Crippen molar-refractivity contribution in [2.24, 2.45) is 0 Å².